The Bertz CT molecular complexity index is 596. The van der Waals surface area contributed by atoms with Gasteiger partial charge in [0.25, 0.3) is 5.91 Å². The maximum atomic E-state index is 11.5. The average molecular weight is 276 g/mol. The lowest BCUT2D eigenvalue weighted by Gasteiger charge is -2.10. The fraction of sp³-hybridized carbons (Fsp3) is 0.0714. The summed E-state index contributed by atoms with van der Waals surface area (Å²) in [6.45, 7) is 0. The van der Waals surface area contributed by atoms with Crippen LogP contribution in [0.2, 0.25) is 5.02 Å². The summed E-state index contributed by atoms with van der Waals surface area (Å²) < 4.78 is 0. The van der Waals surface area contributed by atoms with Crippen molar-refractivity contribution in [1.82, 2.24) is 5.32 Å². The predicted molar refractivity (Wildman–Crippen MR) is 79.0 cm³/mol. The molecule has 98 valence electrons. The molecule has 0 atom stereocenters. The number of nitrogen functional groups attached to an aromatic ring is 1. The lowest BCUT2D eigenvalue weighted by Crippen LogP contribution is -2.17. The number of anilines is 3. The van der Waals surface area contributed by atoms with Gasteiger partial charge in [0.2, 0.25) is 0 Å². The van der Waals surface area contributed by atoms with Gasteiger partial charge in [0.1, 0.15) is 0 Å². The molecule has 0 saturated carbocycles. The monoisotopic (exact) mass is 275 g/mol. The summed E-state index contributed by atoms with van der Waals surface area (Å²) in [6, 6.07) is 12.4. The number of carbonyl (C=O) groups excluding carboxylic acids is 1. The summed E-state index contributed by atoms with van der Waals surface area (Å²) in [5.74, 6) is -0.162. The smallest absolute Gasteiger partial charge is 0.251 e. The molecule has 0 aliphatic rings. The lowest BCUT2D eigenvalue weighted by molar-refractivity contribution is 0.0963. The highest BCUT2D eigenvalue weighted by molar-refractivity contribution is 6.30. The van der Waals surface area contributed by atoms with Crippen molar-refractivity contribution in [2.24, 2.45) is 0 Å². The molecule has 0 radical (unpaired) electrons. The van der Waals surface area contributed by atoms with Gasteiger partial charge in [0.05, 0.1) is 11.4 Å². The van der Waals surface area contributed by atoms with E-state index in [0.717, 1.165) is 11.4 Å². The van der Waals surface area contributed by atoms with E-state index in [1.165, 1.54) is 0 Å². The van der Waals surface area contributed by atoms with E-state index in [1.54, 1.807) is 37.4 Å². The molecule has 0 unspecified atom stereocenters. The van der Waals surface area contributed by atoms with E-state index in [-0.39, 0.29) is 5.91 Å². The number of amides is 1. The van der Waals surface area contributed by atoms with Gasteiger partial charge >= 0.3 is 0 Å². The van der Waals surface area contributed by atoms with E-state index < -0.39 is 0 Å². The van der Waals surface area contributed by atoms with E-state index in [4.69, 9.17) is 17.3 Å². The molecule has 2 aromatic rings. The van der Waals surface area contributed by atoms with Gasteiger partial charge < -0.3 is 16.4 Å². The first-order chi connectivity index (χ1) is 9.10. The minimum atomic E-state index is -0.162. The first kappa shape index (κ1) is 13.2. The van der Waals surface area contributed by atoms with E-state index in [9.17, 15) is 4.79 Å². The van der Waals surface area contributed by atoms with Crippen molar-refractivity contribution in [3.05, 3.63) is 53.1 Å². The summed E-state index contributed by atoms with van der Waals surface area (Å²) in [7, 11) is 1.58. The van der Waals surface area contributed by atoms with Crippen molar-refractivity contribution in [3.63, 3.8) is 0 Å². The quantitative estimate of drug-likeness (QED) is 0.754. The zero-order valence-corrected chi connectivity index (χ0v) is 11.2. The topological polar surface area (TPSA) is 67.2 Å². The summed E-state index contributed by atoms with van der Waals surface area (Å²) >= 11 is 5.82. The van der Waals surface area contributed by atoms with E-state index in [0.29, 0.717) is 16.3 Å². The molecule has 0 aromatic heterocycles. The van der Waals surface area contributed by atoms with Crippen LogP contribution in [0.25, 0.3) is 0 Å². The Kier molecular flexibility index (Phi) is 3.92. The minimum Gasteiger partial charge on any atom is -0.397 e. The molecular formula is C14H14ClN3O. The summed E-state index contributed by atoms with van der Waals surface area (Å²) in [6.07, 6.45) is 0. The van der Waals surface area contributed by atoms with Gasteiger partial charge in [0.15, 0.2) is 0 Å². The third-order valence-corrected chi connectivity index (χ3v) is 2.92. The Hall–Kier alpha value is -2.20. The zero-order chi connectivity index (χ0) is 13.8. The van der Waals surface area contributed by atoms with E-state index >= 15 is 0 Å². The molecule has 1 amide bonds. The number of nitrogens with two attached hydrogens (primary N) is 1. The van der Waals surface area contributed by atoms with Crippen molar-refractivity contribution in [3.8, 4) is 0 Å². The van der Waals surface area contributed by atoms with Crippen molar-refractivity contribution in [2.45, 2.75) is 0 Å². The largest absolute Gasteiger partial charge is 0.397 e. The number of carbonyl (C=O) groups is 1. The van der Waals surface area contributed by atoms with Gasteiger partial charge in [-0.25, -0.2) is 0 Å². The lowest BCUT2D eigenvalue weighted by atomic mass is 10.1. The maximum Gasteiger partial charge on any atom is 0.251 e. The molecule has 19 heavy (non-hydrogen) atoms. The Morgan fingerprint density at radius 3 is 2.42 bits per heavy atom. The van der Waals surface area contributed by atoms with Gasteiger partial charge in [-0.1, -0.05) is 11.6 Å². The molecule has 2 rings (SSSR count). The number of nitrogens with one attached hydrogen (secondary N) is 2. The Morgan fingerprint density at radius 2 is 1.84 bits per heavy atom. The molecule has 0 heterocycles. The van der Waals surface area contributed by atoms with E-state index in [1.807, 2.05) is 12.1 Å². The normalized spacial score (nSPS) is 10.0. The molecule has 0 bridgehead atoms. The Balaban J connectivity index is 2.22. The Labute approximate surface area is 116 Å². The van der Waals surface area contributed by atoms with Crippen LogP contribution in [0, 0.1) is 0 Å². The fourth-order valence-corrected chi connectivity index (χ4v) is 1.78. The SMILES string of the molecule is CNC(=O)c1ccc(Nc2ccc(Cl)cc2)c(N)c1. The van der Waals surface area contributed by atoms with Crippen molar-refractivity contribution < 1.29 is 4.79 Å². The zero-order valence-electron chi connectivity index (χ0n) is 10.4. The van der Waals surface area contributed by atoms with Gasteiger partial charge in [-0.2, -0.15) is 0 Å². The molecule has 0 fully saturated rings. The fourth-order valence-electron chi connectivity index (χ4n) is 1.65. The number of hydrogen-bond donors (Lipinski definition) is 3. The second-order valence-electron chi connectivity index (χ2n) is 4.01. The number of benzene rings is 2. The van der Waals surface area contributed by atoms with Crippen LogP contribution in [0.1, 0.15) is 10.4 Å². The van der Waals surface area contributed by atoms with Crippen LogP contribution >= 0.6 is 11.6 Å². The number of rotatable bonds is 3. The first-order valence-electron chi connectivity index (χ1n) is 5.74. The predicted octanol–water partition coefficient (Wildman–Crippen LogP) is 3.03. The summed E-state index contributed by atoms with van der Waals surface area (Å²) in [5.41, 5.74) is 8.59. The van der Waals surface area contributed by atoms with Crippen LogP contribution in [0.5, 0.6) is 0 Å². The molecule has 5 heteroatoms. The highest BCUT2D eigenvalue weighted by atomic mass is 35.5. The van der Waals surface area contributed by atoms with Gasteiger partial charge in [-0.05, 0) is 42.5 Å². The van der Waals surface area contributed by atoms with Crippen molar-refractivity contribution >= 4 is 34.6 Å². The molecule has 4 N–H and O–H groups in total. The van der Waals surface area contributed by atoms with Crippen LogP contribution < -0.4 is 16.4 Å². The summed E-state index contributed by atoms with van der Waals surface area (Å²) in [5, 5.41) is 6.40. The molecule has 0 aliphatic carbocycles. The van der Waals surface area contributed by atoms with Crippen LogP contribution in [-0.4, -0.2) is 13.0 Å². The molecule has 0 aliphatic heterocycles. The molecule has 0 saturated heterocycles. The van der Waals surface area contributed by atoms with E-state index in [2.05, 4.69) is 10.6 Å². The van der Waals surface area contributed by atoms with Gasteiger partial charge in [-0.15, -0.1) is 0 Å². The average Bonchev–Trinajstić information content (AvgIpc) is 2.42. The highest BCUT2D eigenvalue weighted by Gasteiger charge is 2.06. The molecular weight excluding hydrogens is 262 g/mol. The van der Waals surface area contributed by atoms with Crippen LogP contribution in [0.4, 0.5) is 17.1 Å². The molecule has 4 nitrogen and oxygen atoms in total. The van der Waals surface area contributed by atoms with Crippen molar-refractivity contribution in [2.75, 3.05) is 18.1 Å². The second-order valence-corrected chi connectivity index (χ2v) is 4.45. The van der Waals surface area contributed by atoms with Gasteiger partial charge in [0, 0.05) is 23.3 Å². The molecule has 2 aromatic carbocycles. The molecule has 0 spiro atoms. The number of halogens is 1. The first-order valence-corrected chi connectivity index (χ1v) is 6.12. The van der Waals surface area contributed by atoms with Crippen LogP contribution in [0.3, 0.4) is 0 Å². The third-order valence-electron chi connectivity index (χ3n) is 2.66. The maximum absolute atomic E-state index is 11.5. The van der Waals surface area contributed by atoms with Crippen LogP contribution in [0.15, 0.2) is 42.5 Å². The Morgan fingerprint density at radius 1 is 1.16 bits per heavy atom. The second kappa shape index (κ2) is 5.63. The highest BCUT2D eigenvalue weighted by Crippen LogP contribution is 2.25. The van der Waals surface area contributed by atoms with Crippen LogP contribution in [-0.2, 0) is 0 Å². The standard InChI is InChI=1S/C14H14ClN3O/c1-17-14(19)9-2-7-13(12(16)8-9)18-11-5-3-10(15)4-6-11/h2-8,18H,16H2,1H3,(H,17,19). The van der Waals surface area contributed by atoms with Gasteiger partial charge in [-0.3, -0.25) is 4.79 Å². The number of hydrogen-bond acceptors (Lipinski definition) is 3. The third kappa shape index (κ3) is 3.17. The van der Waals surface area contributed by atoms with Crippen molar-refractivity contribution in [1.29, 1.82) is 0 Å². The summed E-state index contributed by atoms with van der Waals surface area (Å²) in [4.78, 5) is 11.5. The minimum absolute atomic E-state index is 0.162.